The number of imide groups is 1. The van der Waals surface area contributed by atoms with Crippen molar-refractivity contribution in [3.8, 4) is 0 Å². The first-order chi connectivity index (χ1) is 14.7. The largest absolute Gasteiger partial charge is 0.454 e. The molecule has 7 nitrogen and oxygen atoms in total. The fourth-order valence-corrected chi connectivity index (χ4v) is 5.85. The summed E-state index contributed by atoms with van der Waals surface area (Å²) in [6, 6.07) is 4.66. The van der Waals surface area contributed by atoms with Crippen molar-refractivity contribution in [3.63, 3.8) is 0 Å². The Hall–Kier alpha value is -2.70. The van der Waals surface area contributed by atoms with Crippen LogP contribution in [0, 0.1) is 43.4 Å². The molecule has 1 saturated heterocycles. The molecule has 2 bridgehead atoms. The van der Waals surface area contributed by atoms with Gasteiger partial charge in [0.05, 0.1) is 11.8 Å². The summed E-state index contributed by atoms with van der Waals surface area (Å²) in [4.78, 5) is 52.5. The van der Waals surface area contributed by atoms with Crippen LogP contribution in [0.1, 0.15) is 44.2 Å². The molecule has 1 N–H and O–H groups in total. The highest BCUT2D eigenvalue weighted by Gasteiger charge is 2.62. The maximum Gasteiger partial charge on any atom is 0.330 e. The lowest BCUT2D eigenvalue weighted by Crippen LogP contribution is -2.50. The number of aryl methyl sites for hydroxylation is 2. The third-order valence-electron chi connectivity index (χ3n) is 6.96. The molecule has 1 aromatic carbocycles. The number of nitrogens with one attached hydrogen (secondary N) is 1. The van der Waals surface area contributed by atoms with Gasteiger partial charge in [-0.1, -0.05) is 19.9 Å². The molecule has 0 unspecified atom stereocenters. The van der Waals surface area contributed by atoms with E-state index in [1.54, 1.807) is 13.8 Å². The molecule has 166 valence electrons. The molecule has 1 aromatic rings. The van der Waals surface area contributed by atoms with Gasteiger partial charge in [-0.25, -0.2) is 4.79 Å². The van der Waals surface area contributed by atoms with Crippen molar-refractivity contribution in [2.75, 3.05) is 11.9 Å². The number of benzene rings is 1. The van der Waals surface area contributed by atoms with Gasteiger partial charge in [-0.15, -0.1) is 0 Å². The number of carbonyl (C=O) groups excluding carboxylic acids is 4. The fourth-order valence-electron chi connectivity index (χ4n) is 5.85. The second-order valence-electron chi connectivity index (χ2n) is 9.65. The molecule has 5 atom stereocenters. The summed E-state index contributed by atoms with van der Waals surface area (Å²) in [6.45, 7) is 6.96. The normalized spacial score (nSPS) is 27.6. The topological polar surface area (TPSA) is 92.8 Å². The number of carbonyl (C=O) groups is 4. The van der Waals surface area contributed by atoms with Crippen molar-refractivity contribution in [1.29, 1.82) is 0 Å². The molecular formula is C24H30N2O5. The first-order valence-corrected chi connectivity index (χ1v) is 11.1. The standard InChI is InChI=1S/C24H30N2O5/c1-12(2)21(26-22(28)19-15-5-6-16(10-15)20(19)23(26)29)24(30)31-11-18(27)25-17-8-13(3)7-14(4)9-17/h7-9,12,15-16,19-21H,5-6,10-11H2,1-4H3,(H,25,27)/t15-,16-,19-,20+,21+/m0/s1. The summed E-state index contributed by atoms with van der Waals surface area (Å²) in [7, 11) is 0. The summed E-state index contributed by atoms with van der Waals surface area (Å²) in [5, 5.41) is 2.72. The number of ether oxygens (including phenoxy) is 1. The Bertz CT molecular complexity index is 892. The molecule has 0 spiro atoms. The number of likely N-dealkylation sites (tertiary alicyclic amines) is 1. The molecule has 1 heterocycles. The van der Waals surface area contributed by atoms with E-state index in [-0.39, 0.29) is 41.4 Å². The van der Waals surface area contributed by atoms with Crippen molar-refractivity contribution in [2.24, 2.45) is 29.6 Å². The third kappa shape index (κ3) is 3.86. The van der Waals surface area contributed by atoms with Crippen LogP contribution in [0.25, 0.3) is 0 Å². The second kappa shape index (κ2) is 8.09. The van der Waals surface area contributed by atoms with Crippen molar-refractivity contribution in [3.05, 3.63) is 29.3 Å². The highest BCUT2D eigenvalue weighted by atomic mass is 16.5. The van der Waals surface area contributed by atoms with Crippen LogP contribution in [0.5, 0.6) is 0 Å². The van der Waals surface area contributed by atoms with Gasteiger partial charge in [-0.2, -0.15) is 0 Å². The first kappa shape index (κ1) is 21.5. The smallest absolute Gasteiger partial charge is 0.330 e. The minimum atomic E-state index is -1.00. The molecule has 2 aliphatic carbocycles. The Kier molecular flexibility index (Phi) is 5.62. The highest BCUT2D eigenvalue weighted by Crippen LogP contribution is 2.56. The van der Waals surface area contributed by atoms with E-state index in [9.17, 15) is 19.2 Å². The average molecular weight is 427 g/mol. The van der Waals surface area contributed by atoms with Gasteiger partial charge in [0.25, 0.3) is 5.91 Å². The fraction of sp³-hybridized carbons (Fsp3) is 0.583. The van der Waals surface area contributed by atoms with Crippen LogP contribution >= 0.6 is 0 Å². The van der Waals surface area contributed by atoms with Gasteiger partial charge in [-0.3, -0.25) is 19.3 Å². The molecule has 0 aromatic heterocycles. The van der Waals surface area contributed by atoms with Crippen molar-refractivity contribution in [1.82, 2.24) is 4.90 Å². The van der Waals surface area contributed by atoms with E-state index in [4.69, 9.17) is 4.74 Å². The number of rotatable bonds is 6. The monoisotopic (exact) mass is 426 g/mol. The minimum absolute atomic E-state index is 0.238. The molecule has 0 radical (unpaired) electrons. The first-order valence-electron chi connectivity index (χ1n) is 11.1. The van der Waals surface area contributed by atoms with E-state index < -0.39 is 24.5 Å². The summed E-state index contributed by atoms with van der Waals surface area (Å²) < 4.78 is 5.26. The van der Waals surface area contributed by atoms with Crippen molar-refractivity contribution < 1.29 is 23.9 Å². The second-order valence-corrected chi connectivity index (χ2v) is 9.65. The summed E-state index contributed by atoms with van der Waals surface area (Å²) in [5.41, 5.74) is 2.66. The Morgan fingerprint density at radius 2 is 1.58 bits per heavy atom. The van der Waals surface area contributed by atoms with Crippen LogP contribution in [0.4, 0.5) is 5.69 Å². The Morgan fingerprint density at radius 3 is 2.10 bits per heavy atom. The molecule has 3 aliphatic rings. The van der Waals surface area contributed by atoms with Crippen LogP contribution in [0.2, 0.25) is 0 Å². The summed E-state index contributed by atoms with van der Waals surface area (Å²) in [5.74, 6) is -2.02. The molecule has 3 amide bonds. The van der Waals surface area contributed by atoms with Crippen LogP contribution < -0.4 is 5.32 Å². The number of hydrogen-bond acceptors (Lipinski definition) is 5. The lowest BCUT2D eigenvalue weighted by atomic mass is 9.81. The maximum absolute atomic E-state index is 13.1. The number of amides is 3. The lowest BCUT2D eigenvalue weighted by molar-refractivity contribution is -0.162. The van der Waals surface area contributed by atoms with E-state index in [2.05, 4.69) is 5.32 Å². The van der Waals surface area contributed by atoms with Crippen molar-refractivity contribution >= 4 is 29.4 Å². The third-order valence-corrected chi connectivity index (χ3v) is 6.96. The predicted molar refractivity (Wildman–Crippen MR) is 114 cm³/mol. The Balaban J connectivity index is 1.42. The number of hydrogen-bond donors (Lipinski definition) is 1. The summed E-state index contributed by atoms with van der Waals surface area (Å²) >= 11 is 0. The molecule has 7 heteroatoms. The average Bonchev–Trinajstić information content (AvgIpc) is 3.35. The predicted octanol–water partition coefficient (Wildman–Crippen LogP) is 2.84. The molecule has 3 fully saturated rings. The van der Waals surface area contributed by atoms with Gasteiger partial charge in [-0.05, 0) is 74.1 Å². The molecule has 1 aliphatic heterocycles. The maximum atomic E-state index is 13.1. The molecule has 2 saturated carbocycles. The van der Waals surface area contributed by atoms with Crippen molar-refractivity contribution in [2.45, 2.75) is 53.0 Å². The van der Waals surface area contributed by atoms with Gasteiger partial charge >= 0.3 is 5.97 Å². The highest BCUT2D eigenvalue weighted by molar-refractivity contribution is 6.08. The SMILES string of the molecule is Cc1cc(C)cc(NC(=O)COC(=O)[C@@H](C(C)C)N2C(=O)[C@@H]3[C@H]4CC[C@@H](C4)[C@@H]3C2=O)c1. The van der Waals surface area contributed by atoms with Gasteiger partial charge < -0.3 is 10.1 Å². The van der Waals surface area contributed by atoms with E-state index in [1.807, 2.05) is 32.0 Å². The Morgan fingerprint density at radius 1 is 1.03 bits per heavy atom. The number of anilines is 1. The number of nitrogens with zero attached hydrogens (tertiary/aromatic N) is 1. The van der Waals surface area contributed by atoms with Gasteiger partial charge in [0.15, 0.2) is 6.61 Å². The lowest BCUT2D eigenvalue weighted by Gasteiger charge is -2.28. The van der Waals surface area contributed by atoms with Gasteiger partial charge in [0, 0.05) is 5.69 Å². The molecule has 31 heavy (non-hydrogen) atoms. The zero-order chi connectivity index (χ0) is 22.4. The summed E-state index contributed by atoms with van der Waals surface area (Å²) in [6.07, 6.45) is 2.90. The molecular weight excluding hydrogens is 396 g/mol. The van der Waals surface area contributed by atoms with Gasteiger partial charge in [0.1, 0.15) is 6.04 Å². The van der Waals surface area contributed by atoms with Crippen LogP contribution in [-0.4, -0.2) is 41.2 Å². The zero-order valence-corrected chi connectivity index (χ0v) is 18.5. The van der Waals surface area contributed by atoms with E-state index in [0.29, 0.717) is 5.69 Å². The Labute approximate surface area is 182 Å². The van der Waals surface area contributed by atoms with E-state index in [1.165, 1.54) is 0 Å². The molecule has 4 rings (SSSR count). The number of esters is 1. The quantitative estimate of drug-likeness (QED) is 0.558. The van der Waals surface area contributed by atoms with Crippen LogP contribution in [-0.2, 0) is 23.9 Å². The minimum Gasteiger partial charge on any atom is -0.454 e. The van der Waals surface area contributed by atoms with Gasteiger partial charge in [0.2, 0.25) is 11.8 Å². The van der Waals surface area contributed by atoms with E-state index >= 15 is 0 Å². The zero-order valence-electron chi connectivity index (χ0n) is 18.5. The van der Waals surface area contributed by atoms with Crippen LogP contribution in [0.3, 0.4) is 0 Å². The van der Waals surface area contributed by atoms with Crippen LogP contribution in [0.15, 0.2) is 18.2 Å². The van der Waals surface area contributed by atoms with E-state index in [0.717, 1.165) is 35.3 Å². The number of fused-ring (bicyclic) bond motifs is 5.